The van der Waals surface area contributed by atoms with Gasteiger partial charge in [0.15, 0.2) is 0 Å². The van der Waals surface area contributed by atoms with Crippen LogP contribution in [0.1, 0.15) is 10.5 Å². The number of halogens is 4. The van der Waals surface area contributed by atoms with Crippen LogP contribution >= 0.6 is 22.6 Å². The molecule has 3 nitrogen and oxygen atoms in total. The van der Waals surface area contributed by atoms with E-state index in [1.807, 2.05) is 6.07 Å². The Morgan fingerprint density at radius 3 is 2.65 bits per heavy atom. The third-order valence-electron chi connectivity index (χ3n) is 2.49. The minimum absolute atomic E-state index is 0.0267. The molecule has 0 radical (unpaired) electrons. The predicted octanol–water partition coefficient (Wildman–Crippen LogP) is 3.91. The molecule has 2 aromatic rings. The highest BCUT2D eigenvalue weighted by atomic mass is 127. The average molecular weight is 394 g/mol. The van der Waals surface area contributed by atoms with E-state index in [4.69, 9.17) is 0 Å². The van der Waals surface area contributed by atoms with Crippen molar-refractivity contribution < 1.29 is 18.0 Å². The molecule has 1 N–H and O–H groups in total. The predicted molar refractivity (Wildman–Crippen MR) is 77.6 cm³/mol. The van der Waals surface area contributed by atoms with E-state index < -0.39 is 18.6 Å². The van der Waals surface area contributed by atoms with E-state index in [-0.39, 0.29) is 5.69 Å². The zero-order valence-corrected chi connectivity index (χ0v) is 12.3. The van der Waals surface area contributed by atoms with Crippen LogP contribution in [0.25, 0.3) is 0 Å². The van der Waals surface area contributed by atoms with Crippen molar-refractivity contribution in [2.24, 2.45) is 0 Å². The summed E-state index contributed by atoms with van der Waals surface area (Å²) >= 11 is 2.08. The van der Waals surface area contributed by atoms with Gasteiger partial charge in [0.1, 0.15) is 12.2 Å². The number of alkyl halides is 3. The molecule has 0 saturated heterocycles. The molecule has 0 atom stereocenters. The van der Waals surface area contributed by atoms with Gasteiger partial charge in [0.2, 0.25) is 0 Å². The second-order valence-corrected chi connectivity index (χ2v) is 5.35. The summed E-state index contributed by atoms with van der Waals surface area (Å²) in [4.78, 5) is 12.0. The monoisotopic (exact) mass is 394 g/mol. The Morgan fingerprint density at radius 1 is 1.25 bits per heavy atom. The fourth-order valence-corrected chi connectivity index (χ4v) is 2.26. The van der Waals surface area contributed by atoms with Crippen molar-refractivity contribution >= 4 is 34.2 Å². The molecular weight excluding hydrogens is 384 g/mol. The molecule has 0 spiro atoms. The van der Waals surface area contributed by atoms with Crippen LogP contribution in [0, 0.1) is 3.57 Å². The number of hydrogen-bond donors (Lipinski definition) is 1. The van der Waals surface area contributed by atoms with Gasteiger partial charge in [-0.1, -0.05) is 6.07 Å². The molecule has 0 bridgehead atoms. The van der Waals surface area contributed by atoms with E-state index in [9.17, 15) is 18.0 Å². The summed E-state index contributed by atoms with van der Waals surface area (Å²) in [7, 11) is 0. The molecule has 106 valence electrons. The van der Waals surface area contributed by atoms with Crippen molar-refractivity contribution in [1.82, 2.24) is 4.57 Å². The summed E-state index contributed by atoms with van der Waals surface area (Å²) in [5.41, 5.74) is 0.517. The average Bonchev–Trinajstić information content (AvgIpc) is 2.74. The third kappa shape index (κ3) is 3.99. The van der Waals surface area contributed by atoms with Gasteiger partial charge in [-0.15, -0.1) is 0 Å². The zero-order chi connectivity index (χ0) is 14.8. The molecule has 0 aliphatic rings. The van der Waals surface area contributed by atoms with Crippen LogP contribution in [0.4, 0.5) is 18.9 Å². The smallest absolute Gasteiger partial charge is 0.334 e. The molecule has 7 heteroatoms. The molecule has 1 aromatic heterocycles. The molecule has 2 rings (SSSR count). The lowest BCUT2D eigenvalue weighted by atomic mass is 10.3. The number of amides is 1. The fraction of sp³-hybridized carbons (Fsp3) is 0.154. The summed E-state index contributed by atoms with van der Waals surface area (Å²) < 4.78 is 39.0. The number of carbonyl (C=O) groups excluding carboxylic acids is 1. The van der Waals surface area contributed by atoms with Gasteiger partial charge in [0.05, 0.1) is 0 Å². The van der Waals surface area contributed by atoms with Gasteiger partial charge in [-0.25, -0.2) is 0 Å². The number of nitrogens with zero attached hydrogens (tertiary/aromatic N) is 1. The summed E-state index contributed by atoms with van der Waals surface area (Å²) in [6.45, 7) is -1.19. The second-order valence-electron chi connectivity index (χ2n) is 4.10. The number of benzene rings is 1. The number of aromatic nitrogens is 1. The maximum Gasteiger partial charge on any atom is 0.406 e. The molecule has 0 aliphatic carbocycles. The van der Waals surface area contributed by atoms with Gasteiger partial charge in [0.25, 0.3) is 5.91 Å². The first kappa shape index (κ1) is 14.9. The van der Waals surface area contributed by atoms with Gasteiger partial charge in [0, 0.05) is 15.5 Å². The normalized spacial score (nSPS) is 11.4. The SMILES string of the molecule is O=C(Nc1cccc(I)c1)c1cccn1CC(F)(F)F. The number of anilines is 1. The molecule has 1 heterocycles. The van der Waals surface area contributed by atoms with Gasteiger partial charge in [-0.3, -0.25) is 4.79 Å². The zero-order valence-electron chi connectivity index (χ0n) is 10.1. The Balaban J connectivity index is 2.16. The lowest BCUT2D eigenvalue weighted by Gasteiger charge is -2.12. The molecule has 1 amide bonds. The third-order valence-corrected chi connectivity index (χ3v) is 3.17. The highest BCUT2D eigenvalue weighted by molar-refractivity contribution is 14.1. The van der Waals surface area contributed by atoms with Crippen LogP contribution < -0.4 is 5.32 Å². The second kappa shape index (κ2) is 5.86. The van der Waals surface area contributed by atoms with Crippen molar-refractivity contribution in [3.63, 3.8) is 0 Å². The Hall–Kier alpha value is -1.51. The topological polar surface area (TPSA) is 34.0 Å². The number of carbonyl (C=O) groups is 1. The van der Waals surface area contributed by atoms with Crippen molar-refractivity contribution in [1.29, 1.82) is 0 Å². The van der Waals surface area contributed by atoms with Crippen LogP contribution in [-0.4, -0.2) is 16.7 Å². The van der Waals surface area contributed by atoms with Crippen LogP contribution in [0.3, 0.4) is 0 Å². The van der Waals surface area contributed by atoms with Crippen molar-refractivity contribution in [3.05, 3.63) is 51.9 Å². The number of nitrogens with one attached hydrogen (secondary N) is 1. The summed E-state index contributed by atoms with van der Waals surface area (Å²) in [6, 6.07) is 9.78. The standard InChI is InChI=1S/C13H10F3IN2O/c14-13(15,16)8-19-6-2-5-11(19)12(20)18-10-4-1-3-9(17)7-10/h1-7H,8H2,(H,18,20). The van der Waals surface area contributed by atoms with E-state index in [0.29, 0.717) is 5.69 Å². The van der Waals surface area contributed by atoms with Gasteiger partial charge < -0.3 is 9.88 Å². The van der Waals surface area contributed by atoms with E-state index in [1.165, 1.54) is 18.3 Å². The maximum atomic E-state index is 12.4. The Kier molecular flexibility index (Phi) is 4.36. The largest absolute Gasteiger partial charge is 0.406 e. The molecule has 0 fully saturated rings. The van der Waals surface area contributed by atoms with Crippen LogP contribution in [0.15, 0.2) is 42.6 Å². The fourth-order valence-electron chi connectivity index (χ4n) is 1.71. The molecule has 20 heavy (non-hydrogen) atoms. The van der Waals surface area contributed by atoms with Crippen molar-refractivity contribution in [2.45, 2.75) is 12.7 Å². The molecule has 0 saturated carbocycles. The molecule has 1 aromatic carbocycles. The van der Waals surface area contributed by atoms with Crippen LogP contribution in [0.5, 0.6) is 0 Å². The maximum absolute atomic E-state index is 12.4. The lowest BCUT2D eigenvalue weighted by molar-refractivity contribution is -0.140. The summed E-state index contributed by atoms with van der Waals surface area (Å²) in [5.74, 6) is -0.568. The van der Waals surface area contributed by atoms with E-state index in [2.05, 4.69) is 27.9 Å². The van der Waals surface area contributed by atoms with Crippen LogP contribution in [-0.2, 0) is 6.54 Å². The summed E-state index contributed by atoms with van der Waals surface area (Å²) in [5, 5.41) is 2.58. The van der Waals surface area contributed by atoms with Gasteiger partial charge in [-0.05, 0) is 52.9 Å². The van der Waals surface area contributed by atoms with E-state index in [0.717, 1.165) is 8.14 Å². The van der Waals surface area contributed by atoms with Crippen molar-refractivity contribution in [2.75, 3.05) is 5.32 Å². The number of rotatable bonds is 3. The first-order valence-electron chi connectivity index (χ1n) is 5.64. The summed E-state index contributed by atoms with van der Waals surface area (Å²) in [6.07, 6.45) is -3.13. The highest BCUT2D eigenvalue weighted by Gasteiger charge is 2.29. The first-order valence-corrected chi connectivity index (χ1v) is 6.72. The van der Waals surface area contributed by atoms with Crippen LogP contribution in [0.2, 0.25) is 0 Å². The number of hydrogen-bond acceptors (Lipinski definition) is 1. The van der Waals surface area contributed by atoms with Gasteiger partial charge >= 0.3 is 6.18 Å². The molecule has 0 aliphatic heterocycles. The Labute approximate surface area is 126 Å². The van der Waals surface area contributed by atoms with Gasteiger partial charge in [-0.2, -0.15) is 13.2 Å². The Bertz CT molecular complexity index is 622. The minimum atomic E-state index is -4.36. The Morgan fingerprint density at radius 2 is 2.00 bits per heavy atom. The van der Waals surface area contributed by atoms with E-state index >= 15 is 0 Å². The van der Waals surface area contributed by atoms with Crippen molar-refractivity contribution in [3.8, 4) is 0 Å². The molecule has 0 unspecified atom stereocenters. The molecular formula is C13H10F3IN2O. The minimum Gasteiger partial charge on any atom is -0.334 e. The van der Waals surface area contributed by atoms with E-state index in [1.54, 1.807) is 18.2 Å². The lowest BCUT2D eigenvalue weighted by Crippen LogP contribution is -2.23. The highest BCUT2D eigenvalue weighted by Crippen LogP contribution is 2.20. The first-order chi connectivity index (χ1) is 9.35. The quantitative estimate of drug-likeness (QED) is 0.788.